The molecule has 5 N–H and O–H groups in total. The van der Waals surface area contributed by atoms with Crippen molar-refractivity contribution in [1.29, 1.82) is 0 Å². The highest BCUT2D eigenvalue weighted by Gasteiger charge is 2.29. The van der Waals surface area contributed by atoms with Crippen LogP contribution in [0.15, 0.2) is 18.7 Å². The van der Waals surface area contributed by atoms with E-state index in [-0.39, 0.29) is 0 Å². The minimum atomic E-state index is -2.27. The molecular weight excluding hydrogens is 208 g/mol. The number of hydrogen-bond acceptors (Lipinski definition) is 5. The van der Waals surface area contributed by atoms with Crippen LogP contribution in [0.1, 0.15) is 0 Å². The second kappa shape index (κ2) is 6.51. The molecule has 0 aromatic carbocycles. The van der Waals surface area contributed by atoms with Crippen LogP contribution in [-0.2, 0) is 9.59 Å². The molecule has 8 heteroatoms. The maximum Gasteiger partial charge on any atom is 0.335 e. The van der Waals surface area contributed by atoms with Gasteiger partial charge in [0.15, 0.2) is 12.2 Å². The largest absolute Gasteiger partial charge is 0.479 e. The first-order valence-electron chi connectivity index (χ1n) is 3.71. The summed E-state index contributed by atoms with van der Waals surface area (Å²) in [7, 11) is 0. The molecule has 1 heterocycles. The number of aliphatic hydroxyl groups excluding tert-OH is 2. The molecule has 0 fully saturated rings. The fraction of sp³-hybridized carbons (Fsp3) is 0.286. The normalized spacial score (nSPS) is 13.2. The Morgan fingerprint density at radius 3 is 1.73 bits per heavy atom. The average molecular weight is 218 g/mol. The van der Waals surface area contributed by atoms with Gasteiger partial charge in [0.25, 0.3) is 0 Å². The van der Waals surface area contributed by atoms with Crippen molar-refractivity contribution in [3.63, 3.8) is 0 Å². The van der Waals surface area contributed by atoms with Crippen LogP contribution in [0.25, 0.3) is 0 Å². The summed E-state index contributed by atoms with van der Waals surface area (Å²) in [5.74, 6) is -3.54. The van der Waals surface area contributed by atoms with E-state index < -0.39 is 24.1 Å². The molecule has 0 saturated carbocycles. The van der Waals surface area contributed by atoms with E-state index in [0.717, 1.165) is 0 Å². The van der Waals surface area contributed by atoms with Crippen LogP contribution in [-0.4, -0.2) is 54.5 Å². The number of H-pyrrole nitrogens is 1. The number of aromatic nitrogens is 2. The second-order valence-corrected chi connectivity index (χ2v) is 2.33. The fourth-order valence-electron chi connectivity index (χ4n) is 0.485. The first kappa shape index (κ1) is 13.1. The lowest BCUT2D eigenvalue weighted by Crippen LogP contribution is -2.39. The van der Waals surface area contributed by atoms with Crippen LogP contribution in [0.3, 0.4) is 0 Å². The SMILES string of the molecule is O=C(O)C(O)C(O)C(=O)O.c1c[nH]cn1. The molecule has 0 aliphatic carbocycles. The van der Waals surface area contributed by atoms with E-state index in [1.807, 2.05) is 0 Å². The highest BCUT2D eigenvalue weighted by Crippen LogP contribution is 1.92. The molecule has 1 aromatic rings. The number of aromatic amines is 1. The Hall–Kier alpha value is -1.93. The second-order valence-electron chi connectivity index (χ2n) is 2.33. The molecule has 0 aliphatic rings. The van der Waals surface area contributed by atoms with E-state index in [0.29, 0.717) is 0 Å². The van der Waals surface area contributed by atoms with Gasteiger partial charge in [-0.3, -0.25) is 0 Å². The summed E-state index contributed by atoms with van der Waals surface area (Å²) < 4.78 is 0. The van der Waals surface area contributed by atoms with E-state index >= 15 is 0 Å². The molecule has 0 amide bonds. The molecule has 0 bridgehead atoms. The third-order valence-electron chi connectivity index (χ3n) is 1.21. The van der Waals surface area contributed by atoms with Crippen molar-refractivity contribution in [2.45, 2.75) is 12.2 Å². The van der Waals surface area contributed by atoms with Crippen molar-refractivity contribution < 1.29 is 30.0 Å². The minimum Gasteiger partial charge on any atom is -0.479 e. The predicted molar refractivity (Wildman–Crippen MR) is 45.9 cm³/mol. The topological polar surface area (TPSA) is 144 Å². The summed E-state index contributed by atoms with van der Waals surface area (Å²) in [4.78, 5) is 26.0. The maximum atomic E-state index is 9.77. The summed E-state index contributed by atoms with van der Waals surface area (Å²) in [6.07, 6.45) is 0.551. The number of carboxylic acids is 2. The van der Waals surface area contributed by atoms with Crippen LogP contribution in [0.4, 0.5) is 0 Å². The maximum absolute atomic E-state index is 9.77. The Balaban J connectivity index is 0.000000322. The van der Waals surface area contributed by atoms with E-state index in [1.54, 1.807) is 18.7 Å². The predicted octanol–water partition coefficient (Wildman–Crippen LogP) is -1.71. The molecule has 0 aliphatic heterocycles. The Morgan fingerprint density at radius 1 is 1.13 bits per heavy atom. The molecule has 8 nitrogen and oxygen atoms in total. The van der Waals surface area contributed by atoms with Crippen molar-refractivity contribution in [1.82, 2.24) is 9.97 Å². The number of nitrogens with zero attached hydrogens (tertiary/aromatic N) is 1. The molecule has 1 aromatic heterocycles. The summed E-state index contributed by atoms with van der Waals surface area (Å²) in [6, 6.07) is 0. The van der Waals surface area contributed by atoms with Gasteiger partial charge in [0.1, 0.15) is 0 Å². The van der Waals surface area contributed by atoms with Crippen molar-refractivity contribution in [3.05, 3.63) is 18.7 Å². The minimum absolute atomic E-state index is 1.62. The van der Waals surface area contributed by atoms with Gasteiger partial charge in [-0.05, 0) is 0 Å². The zero-order valence-electron chi connectivity index (χ0n) is 7.44. The van der Waals surface area contributed by atoms with Crippen LogP contribution in [0.5, 0.6) is 0 Å². The Kier molecular flexibility index (Phi) is 5.67. The zero-order chi connectivity index (χ0) is 11.8. The lowest BCUT2D eigenvalue weighted by atomic mass is 10.2. The summed E-state index contributed by atoms with van der Waals surface area (Å²) in [5.41, 5.74) is 0. The van der Waals surface area contributed by atoms with Crippen LogP contribution >= 0.6 is 0 Å². The average Bonchev–Trinajstić information content (AvgIpc) is 2.73. The standard InChI is InChI=1S/C4H6O6.C3H4N2/c5-1(3(7)8)2(6)4(9)10;1-2-5-3-4-1/h1-2,5-6H,(H,7,8)(H,9,10);1-3H,(H,4,5). The number of carbonyl (C=O) groups is 2. The lowest BCUT2D eigenvalue weighted by Gasteiger charge is -2.07. The zero-order valence-corrected chi connectivity index (χ0v) is 7.44. The van der Waals surface area contributed by atoms with Crippen LogP contribution in [0.2, 0.25) is 0 Å². The molecule has 84 valence electrons. The monoisotopic (exact) mass is 218 g/mol. The number of aliphatic hydroxyl groups is 2. The Labute approximate surface area is 83.8 Å². The molecule has 1 rings (SSSR count). The van der Waals surface area contributed by atoms with Crippen molar-refractivity contribution in [2.75, 3.05) is 0 Å². The summed E-state index contributed by atoms with van der Waals surface area (Å²) in [6.45, 7) is 0. The van der Waals surface area contributed by atoms with Gasteiger partial charge in [0.2, 0.25) is 0 Å². The van der Waals surface area contributed by atoms with Gasteiger partial charge in [-0.25, -0.2) is 14.6 Å². The highest BCUT2D eigenvalue weighted by molar-refractivity contribution is 5.83. The first-order chi connectivity index (χ1) is 6.96. The number of aliphatic carboxylic acids is 2. The summed E-state index contributed by atoms with van der Waals surface area (Å²) in [5, 5.41) is 32.5. The molecule has 15 heavy (non-hydrogen) atoms. The third kappa shape index (κ3) is 5.39. The van der Waals surface area contributed by atoms with E-state index in [4.69, 9.17) is 20.4 Å². The summed E-state index contributed by atoms with van der Waals surface area (Å²) >= 11 is 0. The van der Waals surface area contributed by atoms with Gasteiger partial charge < -0.3 is 25.4 Å². The van der Waals surface area contributed by atoms with E-state index in [2.05, 4.69) is 9.97 Å². The molecule has 0 saturated heterocycles. The van der Waals surface area contributed by atoms with Gasteiger partial charge in [0.05, 0.1) is 6.33 Å². The number of rotatable bonds is 3. The molecule has 2 atom stereocenters. The smallest absolute Gasteiger partial charge is 0.335 e. The van der Waals surface area contributed by atoms with Crippen LogP contribution < -0.4 is 0 Å². The number of carboxylic acid groups (broad SMARTS) is 2. The first-order valence-corrected chi connectivity index (χ1v) is 3.71. The number of nitrogens with one attached hydrogen (secondary N) is 1. The molecule has 2 unspecified atom stereocenters. The fourth-order valence-corrected chi connectivity index (χ4v) is 0.485. The Morgan fingerprint density at radius 2 is 1.60 bits per heavy atom. The number of imidazole rings is 1. The van der Waals surface area contributed by atoms with E-state index in [1.165, 1.54) is 0 Å². The van der Waals surface area contributed by atoms with E-state index in [9.17, 15) is 9.59 Å². The number of hydrogen-bond donors (Lipinski definition) is 5. The Bertz CT molecular complexity index is 263. The lowest BCUT2D eigenvalue weighted by molar-refractivity contribution is -0.165. The molecule has 0 radical (unpaired) electrons. The molecule has 0 spiro atoms. The van der Waals surface area contributed by atoms with Crippen molar-refractivity contribution in [3.8, 4) is 0 Å². The quantitative estimate of drug-likeness (QED) is 0.406. The van der Waals surface area contributed by atoms with Gasteiger partial charge in [0, 0.05) is 12.4 Å². The van der Waals surface area contributed by atoms with Crippen molar-refractivity contribution >= 4 is 11.9 Å². The van der Waals surface area contributed by atoms with Crippen LogP contribution in [0, 0.1) is 0 Å². The van der Waals surface area contributed by atoms with Crippen molar-refractivity contribution in [2.24, 2.45) is 0 Å². The van der Waals surface area contributed by atoms with Gasteiger partial charge in [-0.15, -0.1) is 0 Å². The highest BCUT2D eigenvalue weighted by atomic mass is 16.4. The van der Waals surface area contributed by atoms with Gasteiger partial charge in [-0.1, -0.05) is 0 Å². The van der Waals surface area contributed by atoms with Gasteiger partial charge in [-0.2, -0.15) is 0 Å². The van der Waals surface area contributed by atoms with Gasteiger partial charge >= 0.3 is 11.9 Å². The molecular formula is C7H10N2O6. The third-order valence-corrected chi connectivity index (χ3v) is 1.21.